The summed E-state index contributed by atoms with van der Waals surface area (Å²) < 4.78 is 11.4. The van der Waals surface area contributed by atoms with Gasteiger partial charge in [0.25, 0.3) is 0 Å². The summed E-state index contributed by atoms with van der Waals surface area (Å²) in [6.45, 7) is 0. The lowest BCUT2D eigenvalue weighted by molar-refractivity contribution is -0.137. The van der Waals surface area contributed by atoms with E-state index in [0.29, 0.717) is 17.9 Å². The Bertz CT molecular complexity index is 775. The molecule has 0 spiro atoms. The first-order valence-electron chi connectivity index (χ1n) is 8.02. The van der Waals surface area contributed by atoms with Crippen LogP contribution >= 0.6 is 0 Å². The van der Waals surface area contributed by atoms with E-state index in [1.807, 2.05) is 36.4 Å². The molecule has 3 rings (SSSR count). The van der Waals surface area contributed by atoms with Crippen molar-refractivity contribution >= 4 is 17.6 Å². The van der Waals surface area contributed by atoms with E-state index in [9.17, 15) is 9.59 Å². The minimum atomic E-state index is -0.843. The molecule has 2 aromatic rings. The molecule has 0 fully saturated rings. The van der Waals surface area contributed by atoms with E-state index >= 15 is 0 Å². The molecule has 0 saturated carbocycles. The van der Waals surface area contributed by atoms with E-state index in [1.165, 1.54) is 0 Å². The maximum absolute atomic E-state index is 12.4. The van der Waals surface area contributed by atoms with Crippen molar-refractivity contribution < 1.29 is 24.2 Å². The molecule has 2 aromatic carbocycles. The van der Waals surface area contributed by atoms with Crippen LogP contribution in [0.1, 0.15) is 18.4 Å². The molecule has 0 aliphatic carbocycles. The molecule has 1 amide bonds. The maximum Gasteiger partial charge on any atom is 0.303 e. The second-order valence-corrected chi connectivity index (χ2v) is 5.83. The summed E-state index contributed by atoms with van der Waals surface area (Å²) in [7, 11) is 1.71. The highest BCUT2D eigenvalue weighted by atomic mass is 16.7. The van der Waals surface area contributed by atoms with Crippen molar-refractivity contribution in [3.05, 3.63) is 54.1 Å². The van der Waals surface area contributed by atoms with Crippen molar-refractivity contribution in [2.45, 2.75) is 25.6 Å². The molecule has 1 aliphatic rings. The number of hydrogen-bond donors (Lipinski definition) is 1. The molecule has 6 nitrogen and oxygen atoms in total. The molecule has 1 aliphatic heterocycles. The van der Waals surface area contributed by atoms with Gasteiger partial charge >= 0.3 is 5.97 Å². The predicted molar refractivity (Wildman–Crippen MR) is 91.9 cm³/mol. The van der Waals surface area contributed by atoms with E-state index in [2.05, 4.69) is 0 Å². The topological polar surface area (TPSA) is 76.1 Å². The average Bonchev–Trinajstić information content (AvgIpc) is 3.01. The van der Waals surface area contributed by atoms with Gasteiger partial charge in [-0.3, -0.25) is 9.59 Å². The van der Waals surface area contributed by atoms with Gasteiger partial charge in [0, 0.05) is 19.2 Å². The summed E-state index contributed by atoms with van der Waals surface area (Å²) in [5.74, 6) is 0.155. The number of para-hydroxylation sites is 1. The minimum Gasteiger partial charge on any atom is -0.481 e. The molecule has 1 unspecified atom stereocenters. The van der Waals surface area contributed by atoms with Crippen LogP contribution in [-0.4, -0.2) is 30.3 Å². The molecule has 130 valence electrons. The maximum atomic E-state index is 12.4. The van der Waals surface area contributed by atoms with Crippen LogP contribution in [0, 0.1) is 0 Å². The van der Waals surface area contributed by atoms with E-state index < -0.39 is 12.3 Å². The van der Waals surface area contributed by atoms with Crippen molar-refractivity contribution in [3.63, 3.8) is 0 Å². The number of carbonyl (C=O) groups is 2. The number of carboxylic acids is 1. The highest BCUT2D eigenvalue weighted by molar-refractivity contribution is 5.93. The van der Waals surface area contributed by atoms with Gasteiger partial charge in [-0.2, -0.15) is 0 Å². The molecule has 0 bridgehead atoms. The number of fused-ring (bicyclic) bond motifs is 1. The van der Waals surface area contributed by atoms with E-state index in [-0.39, 0.29) is 18.7 Å². The van der Waals surface area contributed by atoms with Crippen molar-refractivity contribution in [2.75, 3.05) is 11.9 Å². The number of ether oxygens (including phenoxy) is 2. The van der Waals surface area contributed by atoms with Gasteiger partial charge in [-0.05, 0) is 36.2 Å². The van der Waals surface area contributed by atoms with Gasteiger partial charge in [-0.25, -0.2) is 0 Å². The number of rotatable bonds is 6. The third-order valence-corrected chi connectivity index (χ3v) is 4.01. The number of anilines is 1. The third kappa shape index (κ3) is 4.09. The van der Waals surface area contributed by atoms with Crippen LogP contribution in [0.3, 0.4) is 0 Å². The van der Waals surface area contributed by atoms with Crippen molar-refractivity contribution in [1.29, 1.82) is 0 Å². The fourth-order valence-electron chi connectivity index (χ4n) is 2.61. The minimum absolute atomic E-state index is 0.0590. The first-order valence-corrected chi connectivity index (χ1v) is 8.02. The molecule has 1 heterocycles. The smallest absolute Gasteiger partial charge is 0.303 e. The summed E-state index contributed by atoms with van der Waals surface area (Å²) in [5, 5.41) is 8.76. The number of nitrogens with zero attached hydrogens (tertiary/aromatic N) is 1. The van der Waals surface area contributed by atoms with Gasteiger partial charge < -0.3 is 19.5 Å². The molecule has 6 heteroatoms. The zero-order valence-electron chi connectivity index (χ0n) is 13.8. The van der Waals surface area contributed by atoms with E-state index in [1.54, 1.807) is 24.1 Å². The number of carboxylic acid groups (broad SMARTS) is 1. The molecule has 0 saturated heterocycles. The number of benzene rings is 2. The fourth-order valence-corrected chi connectivity index (χ4v) is 2.61. The standard InChI is InChI=1S/C19H19NO5/c1-20(14-5-3-2-4-6-14)17(21)12-19-24-15-9-7-13(8-10-18(22)23)11-16(15)25-19/h2-7,9,11,19H,8,10,12H2,1H3,(H,22,23). The normalized spacial score (nSPS) is 15.0. The van der Waals surface area contributed by atoms with Gasteiger partial charge in [0.1, 0.15) is 6.42 Å². The number of hydrogen-bond acceptors (Lipinski definition) is 4. The number of aryl methyl sites for hydroxylation is 1. The van der Waals surface area contributed by atoms with Crippen molar-refractivity contribution in [1.82, 2.24) is 0 Å². The number of aliphatic carboxylic acids is 1. The quantitative estimate of drug-likeness (QED) is 0.874. The summed E-state index contributed by atoms with van der Waals surface area (Å²) in [6, 6.07) is 14.7. The Hall–Kier alpha value is -3.02. The van der Waals surface area contributed by atoms with Crippen molar-refractivity contribution in [3.8, 4) is 11.5 Å². The van der Waals surface area contributed by atoms with E-state index in [4.69, 9.17) is 14.6 Å². The van der Waals surface area contributed by atoms with Crippen LogP contribution in [0.4, 0.5) is 5.69 Å². The number of carbonyl (C=O) groups excluding carboxylic acids is 1. The van der Waals surface area contributed by atoms with Gasteiger partial charge in [0.05, 0.1) is 0 Å². The Labute approximate surface area is 145 Å². The molecule has 1 N–H and O–H groups in total. The van der Waals surface area contributed by atoms with Gasteiger partial charge in [0.15, 0.2) is 11.5 Å². The predicted octanol–water partition coefficient (Wildman–Crippen LogP) is 2.85. The molecule has 1 atom stereocenters. The second-order valence-electron chi connectivity index (χ2n) is 5.83. The molecule has 25 heavy (non-hydrogen) atoms. The molecule has 0 radical (unpaired) electrons. The van der Waals surface area contributed by atoms with Gasteiger partial charge in [-0.15, -0.1) is 0 Å². The SMILES string of the molecule is CN(C(=O)CC1Oc2ccc(CCC(=O)O)cc2O1)c1ccccc1. The fraction of sp³-hybridized carbons (Fsp3) is 0.263. The first kappa shape index (κ1) is 16.8. The van der Waals surface area contributed by atoms with Crippen LogP contribution < -0.4 is 14.4 Å². The Morgan fingerprint density at radius 2 is 1.80 bits per heavy atom. The van der Waals surface area contributed by atoms with Crippen molar-refractivity contribution in [2.24, 2.45) is 0 Å². The number of amides is 1. The first-order chi connectivity index (χ1) is 12.0. The summed E-state index contributed by atoms with van der Waals surface area (Å²) in [4.78, 5) is 24.6. The van der Waals surface area contributed by atoms with Crippen LogP contribution in [0.2, 0.25) is 0 Å². The second kappa shape index (κ2) is 7.25. The zero-order valence-corrected chi connectivity index (χ0v) is 13.8. The largest absolute Gasteiger partial charge is 0.481 e. The van der Waals surface area contributed by atoms with Gasteiger partial charge in [-0.1, -0.05) is 24.3 Å². The lowest BCUT2D eigenvalue weighted by atomic mass is 10.1. The third-order valence-electron chi connectivity index (χ3n) is 4.01. The Balaban J connectivity index is 1.60. The van der Waals surface area contributed by atoms with Crippen LogP contribution in [0.15, 0.2) is 48.5 Å². The van der Waals surface area contributed by atoms with Crippen LogP contribution in [0.5, 0.6) is 11.5 Å². The zero-order chi connectivity index (χ0) is 17.8. The Morgan fingerprint density at radius 1 is 1.08 bits per heavy atom. The lowest BCUT2D eigenvalue weighted by Gasteiger charge is -2.19. The summed E-state index contributed by atoms with van der Waals surface area (Å²) in [6.07, 6.45) is -0.108. The average molecular weight is 341 g/mol. The molecule has 0 aromatic heterocycles. The molecular weight excluding hydrogens is 322 g/mol. The summed E-state index contributed by atoms with van der Waals surface area (Å²) >= 11 is 0. The summed E-state index contributed by atoms with van der Waals surface area (Å²) in [5.41, 5.74) is 1.66. The highest BCUT2D eigenvalue weighted by Crippen LogP contribution is 2.36. The lowest BCUT2D eigenvalue weighted by Crippen LogP contribution is -2.32. The monoisotopic (exact) mass is 341 g/mol. The van der Waals surface area contributed by atoms with Crippen LogP contribution in [-0.2, 0) is 16.0 Å². The van der Waals surface area contributed by atoms with E-state index in [0.717, 1.165) is 11.3 Å². The van der Waals surface area contributed by atoms with Crippen LogP contribution in [0.25, 0.3) is 0 Å². The van der Waals surface area contributed by atoms with Gasteiger partial charge in [0.2, 0.25) is 12.2 Å². The molecular formula is C19H19NO5. The Kier molecular flexibility index (Phi) is 4.88. The highest BCUT2D eigenvalue weighted by Gasteiger charge is 2.28. The Morgan fingerprint density at radius 3 is 2.52 bits per heavy atom.